The summed E-state index contributed by atoms with van der Waals surface area (Å²) in [7, 11) is 0. The lowest BCUT2D eigenvalue weighted by Gasteiger charge is -2.01. The Hall–Kier alpha value is -0.280. The molecule has 78 valence electrons. The van der Waals surface area contributed by atoms with Crippen molar-refractivity contribution in [2.45, 2.75) is 39.0 Å². The van der Waals surface area contributed by atoms with Gasteiger partial charge in [0.15, 0.2) is 0 Å². The molecule has 0 aromatic carbocycles. The first-order chi connectivity index (χ1) is 6.31. The Kier molecular flexibility index (Phi) is 9.59. The van der Waals surface area contributed by atoms with Crippen LogP contribution in [-0.4, -0.2) is 19.2 Å². The first-order valence-corrected chi connectivity index (χ1v) is 5.01. The van der Waals surface area contributed by atoms with E-state index in [1.54, 1.807) is 0 Å². The van der Waals surface area contributed by atoms with Crippen LogP contribution in [0.5, 0.6) is 0 Å². The van der Waals surface area contributed by atoms with Gasteiger partial charge < -0.3 is 9.03 Å². The normalized spacial score (nSPS) is 10.0. The largest absolute Gasteiger partial charge is 0.381 e. The number of rotatable bonds is 8. The number of hydrogen-bond donors (Lipinski definition) is 0. The number of ether oxygens (including phenoxy) is 1. The van der Waals surface area contributed by atoms with Crippen molar-refractivity contribution in [3.63, 3.8) is 0 Å². The summed E-state index contributed by atoms with van der Waals surface area (Å²) in [5.74, 6) is -0.435. The maximum atomic E-state index is 10.5. The zero-order chi connectivity index (χ0) is 9.94. The number of unbranched alkanes of at least 4 members (excludes halogenated alkanes) is 3. The highest BCUT2D eigenvalue weighted by molar-refractivity contribution is 6.13. The number of carbonyl (C=O) groups excluding carboxylic acids is 1. The summed E-state index contributed by atoms with van der Waals surface area (Å²) in [6.45, 7) is 3.28. The van der Waals surface area contributed by atoms with E-state index < -0.39 is 5.97 Å². The Morgan fingerprint density at radius 1 is 1.23 bits per heavy atom. The van der Waals surface area contributed by atoms with E-state index >= 15 is 0 Å². The fourth-order valence-electron chi connectivity index (χ4n) is 0.927. The Morgan fingerprint density at radius 3 is 2.62 bits per heavy atom. The first kappa shape index (κ1) is 12.7. The Morgan fingerprint density at radius 2 is 2.00 bits per heavy atom. The molecular weight excluding hydrogens is 192 g/mol. The molecule has 0 aromatic heterocycles. The molecule has 0 N–H and O–H groups in total. The van der Waals surface area contributed by atoms with Crippen molar-refractivity contribution in [3.05, 3.63) is 0 Å². The van der Waals surface area contributed by atoms with E-state index in [9.17, 15) is 4.79 Å². The fraction of sp³-hybridized carbons (Fsp3) is 0.889. The van der Waals surface area contributed by atoms with Crippen molar-refractivity contribution in [1.82, 2.24) is 0 Å². The Bertz CT molecular complexity index is 128. The maximum Gasteiger partial charge on any atom is 0.327 e. The van der Waals surface area contributed by atoms with E-state index in [1.165, 1.54) is 19.3 Å². The third-order valence-electron chi connectivity index (χ3n) is 1.68. The van der Waals surface area contributed by atoms with Gasteiger partial charge in [0.05, 0.1) is 13.0 Å². The van der Waals surface area contributed by atoms with Crippen LogP contribution in [0.3, 0.4) is 0 Å². The molecule has 0 atom stereocenters. The van der Waals surface area contributed by atoms with Gasteiger partial charge >= 0.3 is 5.97 Å². The zero-order valence-corrected chi connectivity index (χ0v) is 8.81. The molecule has 0 aliphatic rings. The maximum absolute atomic E-state index is 10.5. The van der Waals surface area contributed by atoms with Crippen LogP contribution < -0.4 is 0 Å². The van der Waals surface area contributed by atoms with Gasteiger partial charge in [-0.3, -0.25) is 4.79 Å². The second-order valence-electron chi connectivity index (χ2n) is 2.87. The van der Waals surface area contributed by atoms with Crippen LogP contribution in [0.25, 0.3) is 0 Å². The predicted octanol–water partition coefficient (Wildman–Crippen LogP) is 2.67. The number of carbonyl (C=O) groups is 1. The van der Waals surface area contributed by atoms with Crippen molar-refractivity contribution < 1.29 is 13.8 Å². The van der Waals surface area contributed by atoms with Gasteiger partial charge in [0, 0.05) is 6.61 Å². The van der Waals surface area contributed by atoms with Crippen molar-refractivity contribution in [1.29, 1.82) is 0 Å². The highest BCUT2D eigenvalue weighted by Crippen LogP contribution is 1.99. The molecule has 0 heterocycles. The molecule has 0 unspecified atom stereocenters. The molecule has 0 spiro atoms. The predicted molar refractivity (Wildman–Crippen MR) is 51.5 cm³/mol. The van der Waals surface area contributed by atoms with Crippen molar-refractivity contribution in [2.24, 2.45) is 0 Å². The van der Waals surface area contributed by atoms with Crippen LogP contribution in [0.1, 0.15) is 39.0 Å². The molecule has 0 aliphatic heterocycles. The van der Waals surface area contributed by atoms with Crippen LogP contribution >= 0.6 is 11.9 Å². The van der Waals surface area contributed by atoms with E-state index in [2.05, 4.69) is 11.2 Å². The highest BCUT2D eigenvalue weighted by Gasteiger charge is 2.00. The van der Waals surface area contributed by atoms with Gasteiger partial charge in [0.1, 0.15) is 11.9 Å². The molecule has 3 nitrogen and oxygen atoms in total. The molecule has 0 saturated heterocycles. The third-order valence-corrected chi connectivity index (χ3v) is 1.85. The third kappa shape index (κ3) is 9.64. The molecule has 0 aliphatic carbocycles. The summed E-state index contributed by atoms with van der Waals surface area (Å²) in [5, 5.41) is 0. The summed E-state index contributed by atoms with van der Waals surface area (Å²) in [6, 6.07) is 0. The highest BCUT2D eigenvalue weighted by atomic mass is 35.5. The summed E-state index contributed by atoms with van der Waals surface area (Å²) in [5.41, 5.74) is 0. The lowest BCUT2D eigenvalue weighted by molar-refractivity contribution is -0.135. The molecule has 0 radical (unpaired) electrons. The Balaban J connectivity index is 2.95. The van der Waals surface area contributed by atoms with E-state index in [0.29, 0.717) is 6.61 Å². The SMILES string of the molecule is CCCCCCOCCC(=O)OCl. The summed E-state index contributed by atoms with van der Waals surface area (Å²) in [4.78, 5) is 10.5. The zero-order valence-electron chi connectivity index (χ0n) is 8.05. The summed E-state index contributed by atoms with van der Waals surface area (Å²) < 4.78 is 9.14. The number of hydrogen-bond acceptors (Lipinski definition) is 3. The lowest BCUT2D eigenvalue weighted by atomic mass is 10.2. The average molecular weight is 209 g/mol. The molecule has 13 heavy (non-hydrogen) atoms. The molecule has 4 heteroatoms. The standard InChI is InChI=1S/C9H17ClO3/c1-2-3-4-5-7-12-8-6-9(11)13-10/h2-8H2,1H3. The minimum atomic E-state index is -0.435. The van der Waals surface area contributed by atoms with Crippen molar-refractivity contribution >= 4 is 17.8 Å². The van der Waals surface area contributed by atoms with Crippen LogP contribution in [-0.2, 0) is 13.8 Å². The first-order valence-electron chi connectivity index (χ1n) is 4.70. The minimum Gasteiger partial charge on any atom is -0.381 e. The topological polar surface area (TPSA) is 35.5 Å². The van der Waals surface area contributed by atoms with Gasteiger partial charge in [0.25, 0.3) is 0 Å². The van der Waals surface area contributed by atoms with Crippen LogP contribution in [0.2, 0.25) is 0 Å². The van der Waals surface area contributed by atoms with E-state index in [1.807, 2.05) is 0 Å². The Labute approximate surface area is 84.5 Å². The van der Waals surface area contributed by atoms with Gasteiger partial charge in [-0.1, -0.05) is 26.2 Å². The van der Waals surface area contributed by atoms with E-state index in [-0.39, 0.29) is 6.42 Å². The second-order valence-corrected chi connectivity index (χ2v) is 3.03. The summed E-state index contributed by atoms with van der Waals surface area (Å²) in [6.07, 6.45) is 4.95. The van der Waals surface area contributed by atoms with Gasteiger partial charge in [-0.2, -0.15) is 0 Å². The molecule has 0 rings (SSSR count). The monoisotopic (exact) mass is 208 g/mol. The van der Waals surface area contributed by atoms with Crippen LogP contribution in [0.4, 0.5) is 0 Å². The van der Waals surface area contributed by atoms with Gasteiger partial charge in [-0.25, -0.2) is 0 Å². The van der Waals surface area contributed by atoms with Crippen molar-refractivity contribution in [3.8, 4) is 0 Å². The number of halogens is 1. The van der Waals surface area contributed by atoms with Gasteiger partial charge in [-0.15, -0.1) is 0 Å². The molecule has 0 aromatic rings. The molecule has 0 fully saturated rings. The van der Waals surface area contributed by atoms with Gasteiger partial charge in [0.2, 0.25) is 0 Å². The van der Waals surface area contributed by atoms with Crippen LogP contribution in [0, 0.1) is 0 Å². The summed E-state index contributed by atoms with van der Waals surface area (Å²) >= 11 is 4.83. The van der Waals surface area contributed by atoms with E-state index in [4.69, 9.17) is 16.6 Å². The minimum absolute atomic E-state index is 0.233. The van der Waals surface area contributed by atoms with Gasteiger partial charge in [-0.05, 0) is 6.42 Å². The van der Waals surface area contributed by atoms with Crippen molar-refractivity contribution in [2.75, 3.05) is 13.2 Å². The molecule has 0 saturated carbocycles. The smallest absolute Gasteiger partial charge is 0.327 e. The van der Waals surface area contributed by atoms with E-state index in [0.717, 1.165) is 13.0 Å². The average Bonchev–Trinajstić information content (AvgIpc) is 2.16. The second kappa shape index (κ2) is 9.81. The quantitative estimate of drug-likeness (QED) is 0.576. The molecule has 0 amide bonds. The molecular formula is C9H17ClO3. The van der Waals surface area contributed by atoms with Crippen LogP contribution in [0.15, 0.2) is 0 Å². The lowest BCUT2D eigenvalue weighted by Crippen LogP contribution is -2.04. The molecule has 0 bridgehead atoms. The fourth-order valence-corrected chi connectivity index (χ4v) is 1.00.